The molecule has 1 aliphatic carbocycles. The first kappa shape index (κ1) is 49.3. The van der Waals surface area contributed by atoms with E-state index in [0.29, 0.717) is 53.3 Å². The summed E-state index contributed by atoms with van der Waals surface area (Å²) in [4.78, 5) is 84.1. The molecule has 0 unspecified atom stereocenters. The first-order valence-electron chi connectivity index (χ1n) is 24.3. The molecule has 3 fully saturated rings. The number of aromatic hydroxyl groups is 1. The number of nitrogens with one attached hydrogen (secondary N) is 3. The average molecular weight is 947 g/mol. The Morgan fingerprint density at radius 3 is 2.54 bits per heavy atom. The second-order valence-corrected chi connectivity index (χ2v) is 20.3. The highest BCUT2D eigenvalue weighted by molar-refractivity contribution is 6.01. The van der Waals surface area contributed by atoms with Gasteiger partial charge in [0.1, 0.15) is 23.5 Å². The maximum atomic E-state index is 14.7. The predicted molar refractivity (Wildman–Crippen MR) is 261 cm³/mol. The Balaban J connectivity index is 1.15. The number of hydrogen-bond acceptors (Lipinski definition) is 11. The van der Waals surface area contributed by atoms with Gasteiger partial charge in [0.05, 0.1) is 28.9 Å². The van der Waals surface area contributed by atoms with Gasteiger partial charge >= 0.3 is 6.17 Å². The van der Waals surface area contributed by atoms with E-state index in [4.69, 9.17) is 14.6 Å². The van der Waals surface area contributed by atoms with Crippen molar-refractivity contribution in [2.45, 2.75) is 123 Å². The fourth-order valence-corrected chi connectivity index (χ4v) is 10.3. The van der Waals surface area contributed by atoms with E-state index in [1.165, 1.54) is 21.9 Å². The molecule has 6 bridgehead atoms. The fourth-order valence-electron chi connectivity index (χ4n) is 10.3. The Hall–Kier alpha value is -6.17. The van der Waals surface area contributed by atoms with Crippen LogP contribution >= 0.6 is 0 Å². The fraction of sp³-hybridized carbons (Fsp3) is 0.519. The number of phenols is 1. The molecule has 17 heteroatoms. The predicted octanol–water partition coefficient (Wildman–Crippen LogP) is 5.93. The van der Waals surface area contributed by atoms with Gasteiger partial charge in [-0.15, -0.1) is 0 Å². The first-order chi connectivity index (χ1) is 32.9. The molecule has 4 aliphatic rings. The van der Waals surface area contributed by atoms with Gasteiger partial charge in [-0.25, -0.2) is 4.84 Å². The summed E-state index contributed by atoms with van der Waals surface area (Å²) in [7, 11) is 4.74. The number of fused-ring (bicyclic) bond motifs is 6. The molecule has 2 aromatic carbocycles. The maximum absolute atomic E-state index is 14.7. The zero-order valence-electron chi connectivity index (χ0n) is 41.4. The quantitative estimate of drug-likeness (QED) is 0.103. The number of likely N-dealkylation sites (N-methyl/N-ethyl adjacent to an activating group) is 2. The van der Waals surface area contributed by atoms with Gasteiger partial charge in [0, 0.05) is 81.3 Å². The lowest BCUT2D eigenvalue weighted by Gasteiger charge is -2.33. The Morgan fingerprint density at radius 2 is 1.84 bits per heavy atom. The number of carbonyl (C=O) groups is 4. The topological polar surface area (TPSA) is 201 Å². The van der Waals surface area contributed by atoms with Crippen molar-refractivity contribution in [3.8, 4) is 28.1 Å². The van der Waals surface area contributed by atoms with Crippen LogP contribution in [0.3, 0.4) is 0 Å². The van der Waals surface area contributed by atoms with Gasteiger partial charge in [-0.3, -0.25) is 34.5 Å². The van der Waals surface area contributed by atoms with Gasteiger partial charge in [-0.1, -0.05) is 32.4 Å². The molecule has 17 nitrogen and oxygen atoms in total. The van der Waals surface area contributed by atoms with Crippen LogP contribution in [-0.2, 0) is 48.1 Å². The van der Waals surface area contributed by atoms with E-state index in [1.54, 1.807) is 46.3 Å². The number of aryl methyl sites for hydroxylation is 1. The molecule has 1 saturated carbocycles. The lowest BCUT2D eigenvalue weighted by Crippen LogP contribution is -2.61. The van der Waals surface area contributed by atoms with Crippen molar-refractivity contribution in [3.05, 3.63) is 87.7 Å². The molecule has 4 N–H and O–H groups in total. The lowest BCUT2D eigenvalue weighted by atomic mass is 9.81. The molecule has 5 atom stereocenters. The van der Waals surface area contributed by atoms with Crippen molar-refractivity contribution in [1.82, 2.24) is 40.4 Å². The molecule has 0 radical (unpaired) electrons. The largest absolute Gasteiger partial charge is 0.508 e. The number of benzene rings is 2. The summed E-state index contributed by atoms with van der Waals surface area (Å²) >= 11 is 0. The summed E-state index contributed by atoms with van der Waals surface area (Å²) in [5, 5.41) is 19.9. The average Bonchev–Trinajstić information content (AvgIpc) is 4.02. The standard InChI is InChI=1S/C52H67N9O8/c1-10-59-41-19-18-34-26-38(41)39(48(59)37-16-12-20-53-44(37)31(4)68-9)27-52(5,6)29-69-61(67)42-17-13-21-60(56-42)50(65)40(24-32-22-35(34)25-36(62)23-32)54-49(64)47(30(2)3)58(8)43(63)28-57(7)51(66)46-45(55-46)33-14-11-15-33/h12,16,18-20,22-23,25-26,31,33,40,42,45-46,55-56H,10-11,13-15,17,21,24,27-29H2,1-9H3,(H-,54,62,64)/p+1/t31-,40-,42+,45+,46+/m0/s1. The smallest absolute Gasteiger partial charge is 0.326 e. The van der Waals surface area contributed by atoms with E-state index in [9.17, 15) is 29.2 Å². The van der Waals surface area contributed by atoms with Crippen molar-refractivity contribution in [2.24, 2.45) is 11.3 Å². The number of phenolic OH excluding ortho intramolecular Hbond substituents is 1. The molecule has 8 rings (SSSR count). The second kappa shape index (κ2) is 20.0. The van der Waals surface area contributed by atoms with Crippen LogP contribution < -0.4 is 16.1 Å². The maximum Gasteiger partial charge on any atom is 0.326 e. The van der Waals surface area contributed by atoms with Gasteiger partial charge in [0.25, 0.3) is 11.8 Å². The van der Waals surface area contributed by atoms with E-state index < -0.39 is 35.3 Å². The molecule has 4 aromatic rings. The van der Waals surface area contributed by atoms with Crippen LogP contribution in [0.2, 0.25) is 0 Å². The highest BCUT2D eigenvalue weighted by Crippen LogP contribution is 2.42. The van der Waals surface area contributed by atoms with Crippen LogP contribution in [-0.4, -0.2) is 123 Å². The summed E-state index contributed by atoms with van der Waals surface area (Å²) in [5.41, 5.74) is 9.90. The minimum atomic E-state index is -1.22. The summed E-state index contributed by atoms with van der Waals surface area (Å²) < 4.78 is 8.09. The third-order valence-corrected chi connectivity index (χ3v) is 14.3. The lowest BCUT2D eigenvalue weighted by molar-refractivity contribution is -0.835. The van der Waals surface area contributed by atoms with Gasteiger partial charge in [0.2, 0.25) is 16.7 Å². The number of ether oxygens (including phenoxy) is 1. The first-order valence-corrected chi connectivity index (χ1v) is 24.3. The third-order valence-electron chi connectivity index (χ3n) is 14.3. The summed E-state index contributed by atoms with van der Waals surface area (Å²) in [5.74, 6) is -1.37. The SMILES string of the molecule is CCn1c(-c2cccnc2[C@H](C)OC)c2c3cc(ccc31)-c1cc(O)cc(c1)C[C@H](NC(=O)C(=C(C)C)N(C)C(=O)CN(C)C(=O)[C@@H]1N[C@@H]1C1CCC1)C(=O)N1CCC[C@H](N1)[N+](=O)OCC(C)(C)C2. The van der Waals surface area contributed by atoms with Crippen LogP contribution in [0.5, 0.6) is 5.75 Å². The van der Waals surface area contributed by atoms with E-state index in [-0.39, 0.29) is 61.7 Å². The van der Waals surface area contributed by atoms with E-state index >= 15 is 0 Å². The van der Waals surface area contributed by atoms with E-state index in [2.05, 4.69) is 59.6 Å². The number of pyridine rings is 1. The highest BCUT2D eigenvalue weighted by Gasteiger charge is 2.50. The molecule has 69 heavy (non-hydrogen) atoms. The third kappa shape index (κ3) is 10.3. The number of rotatable bonds is 11. The molecule has 4 amide bonds. The van der Waals surface area contributed by atoms with Crippen molar-refractivity contribution < 1.29 is 38.8 Å². The van der Waals surface area contributed by atoms with Gasteiger partial charge in [-0.2, -0.15) is 5.43 Å². The van der Waals surface area contributed by atoms with E-state index in [0.717, 1.165) is 58.2 Å². The molecular weight excluding hydrogens is 879 g/mol. The number of carbonyl (C=O) groups excluding carboxylic acids is 4. The molecule has 368 valence electrons. The van der Waals surface area contributed by atoms with Crippen LogP contribution in [0.4, 0.5) is 0 Å². The minimum absolute atomic E-state index is 0.0269. The minimum Gasteiger partial charge on any atom is -0.508 e. The summed E-state index contributed by atoms with van der Waals surface area (Å²) in [6, 6.07) is 14.0. The molecule has 3 aliphatic heterocycles. The van der Waals surface area contributed by atoms with Crippen molar-refractivity contribution >= 4 is 34.5 Å². The van der Waals surface area contributed by atoms with Gasteiger partial charge in [-0.05, 0) is 124 Å². The molecule has 0 spiro atoms. The van der Waals surface area contributed by atoms with Crippen molar-refractivity contribution in [1.29, 1.82) is 0 Å². The Morgan fingerprint density at radius 1 is 1.07 bits per heavy atom. The number of methoxy groups -OCH3 is 1. The van der Waals surface area contributed by atoms with Gasteiger partial charge < -0.3 is 29.5 Å². The molecule has 2 saturated heterocycles. The highest BCUT2D eigenvalue weighted by atomic mass is 16.8. The van der Waals surface area contributed by atoms with Gasteiger partial charge in [0.15, 0.2) is 6.61 Å². The number of hydrazine groups is 1. The van der Waals surface area contributed by atoms with Crippen molar-refractivity contribution in [2.75, 3.05) is 40.9 Å². The number of allylic oxidation sites excluding steroid dienone is 1. The zero-order valence-corrected chi connectivity index (χ0v) is 41.4. The Kier molecular flexibility index (Phi) is 14.3. The van der Waals surface area contributed by atoms with Crippen molar-refractivity contribution in [3.63, 3.8) is 0 Å². The number of aromatic nitrogens is 2. The van der Waals surface area contributed by atoms with Crippen LogP contribution in [0.15, 0.2) is 66.0 Å². The number of amides is 4. The Labute approximate surface area is 404 Å². The summed E-state index contributed by atoms with van der Waals surface area (Å²) in [6.45, 7) is 12.3. The zero-order chi connectivity index (χ0) is 49.5. The van der Waals surface area contributed by atoms with Crippen LogP contribution in [0, 0.1) is 16.2 Å². The normalized spacial score (nSPS) is 21.9. The molecule has 2 aromatic heterocycles. The Bertz CT molecular complexity index is 2690. The monoisotopic (exact) mass is 947 g/mol. The number of hydrogen-bond donors (Lipinski definition) is 4. The second-order valence-electron chi connectivity index (χ2n) is 20.3. The number of nitrogens with zero attached hydrogens (tertiary/aromatic N) is 6. The molecule has 5 heterocycles. The van der Waals surface area contributed by atoms with Crippen LogP contribution in [0.25, 0.3) is 33.3 Å². The van der Waals surface area contributed by atoms with Crippen LogP contribution in [0.1, 0.15) is 96.6 Å². The molecular formula is C52H68N9O8+. The summed E-state index contributed by atoms with van der Waals surface area (Å²) in [6.07, 6.45) is 5.26. The van der Waals surface area contributed by atoms with E-state index in [1.807, 2.05) is 25.1 Å².